The van der Waals surface area contributed by atoms with Crippen LogP contribution in [0.2, 0.25) is 5.02 Å². The quantitative estimate of drug-likeness (QED) is 0.745. The highest BCUT2D eigenvalue weighted by atomic mass is 35.5. The zero-order valence-electron chi connectivity index (χ0n) is 10.4. The Balaban J connectivity index is 2.47. The maximum absolute atomic E-state index is 6.20. The number of aryl methyl sites for hydroxylation is 2. The van der Waals surface area contributed by atoms with Gasteiger partial charge in [0.15, 0.2) is 0 Å². The highest BCUT2D eigenvalue weighted by Crippen LogP contribution is 2.27. The molecule has 2 nitrogen and oxygen atoms in total. The number of anilines is 1. The summed E-state index contributed by atoms with van der Waals surface area (Å²) in [6, 6.07) is 4.16. The number of unbranched alkanes of at least 4 members (excludes halogenated alkanes) is 1. The van der Waals surface area contributed by atoms with Crippen molar-refractivity contribution in [3.63, 3.8) is 0 Å². The van der Waals surface area contributed by atoms with E-state index in [1.807, 2.05) is 13.1 Å². The largest absolute Gasteiger partial charge is 0.384 e. The molecule has 0 aliphatic rings. The van der Waals surface area contributed by atoms with E-state index < -0.39 is 0 Å². The molecule has 90 valence electrons. The van der Waals surface area contributed by atoms with E-state index in [4.69, 9.17) is 11.6 Å². The van der Waals surface area contributed by atoms with Crippen LogP contribution in [-0.2, 0) is 0 Å². The molecule has 0 amide bonds. The average Bonchev–Trinajstić information content (AvgIpc) is 2.20. The predicted molar refractivity (Wildman–Crippen MR) is 72.6 cm³/mol. The van der Waals surface area contributed by atoms with Crippen LogP contribution < -0.4 is 10.6 Å². The molecule has 16 heavy (non-hydrogen) atoms. The second-order valence-corrected chi connectivity index (χ2v) is 4.58. The SMILES string of the molecule is CNCCCCNc1c(C)cc(C)cc1Cl. The maximum atomic E-state index is 6.20. The molecule has 0 saturated heterocycles. The molecule has 0 aromatic heterocycles. The maximum Gasteiger partial charge on any atom is 0.0642 e. The second kappa shape index (κ2) is 6.77. The monoisotopic (exact) mass is 240 g/mol. The first-order valence-corrected chi connectivity index (χ1v) is 6.18. The van der Waals surface area contributed by atoms with Crippen LogP contribution in [0.1, 0.15) is 24.0 Å². The summed E-state index contributed by atoms with van der Waals surface area (Å²) in [5.41, 5.74) is 3.51. The zero-order chi connectivity index (χ0) is 12.0. The van der Waals surface area contributed by atoms with E-state index in [2.05, 4.69) is 30.5 Å². The number of benzene rings is 1. The van der Waals surface area contributed by atoms with Crippen LogP contribution >= 0.6 is 11.6 Å². The first-order chi connectivity index (χ1) is 7.65. The second-order valence-electron chi connectivity index (χ2n) is 4.18. The van der Waals surface area contributed by atoms with Crippen molar-refractivity contribution in [2.24, 2.45) is 0 Å². The Labute approximate surface area is 103 Å². The Morgan fingerprint density at radius 2 is 1.81 bits per heavy atom. The van der Waals surface area contributed by atoms with Gasteiger partial charge in [0.2, 0.25) is 0 Å². The molecule has 1 aromatic rings. The molecular weight excluding hydrogens is 220 g/mol. The lowest BCUT2D eigenvalue weighted by Crippen LogP contribution is -2.10. The molecule has 0 atom stereocenters. The van der Waals surface area contributed by atoms with Crippen LogP contribution in [0, 0.1) is 13.8 Å². The smallest absolute Gasteiger partial charge is 0.0642 e. The lowest BCUT2D eigenvalue weighted by molar-refractivity contribution is 0.694. The van der Waals surface area contributed by atoms with Gasteiger partial charge >= 0.3 is 0 Å². The van der Waals surface area contributed by atoms with Gasteiger partial charge in [-0.05, 0) is 57.5 Å². The molecule has 0 unspecified atom stereocenters. The van der Waals surface area contributed by atoms with E-state index in [-0.39, 0.29) is 0 Å². The van der Waals surface area contributed by atoms with Gasteiger partial charge in [-0.25, -0.2) is 0 Å². The molecule has 1 rings (SSSR count). The van der Waals surface area contributed by atoms with Crippen molar-refractivity contribution in [1.82, 2.24) is 5.32 Å². The Hall–Kier alpha value is -0.730. The summed E-state index contributed by atoms with van der Waals surface area (Å²) in [4.78, 5) is 0. The number of nitrogens with one attached hydrogen (secondary N) is 2. The minimum absolute atomic E-state index is 0.825. The van der Waals surface area contributed by atoms with Crippen LogP contribution in [0.5, 0.6) is 0 Å². The number of halogens is 1. The molecule has 1 aromatic carbocycles. The highest BCUT2D eigenvalue weighted by Gasteiger charge is 2.03. The fourth-order valence-electron chi connectivity index (χ4n) is 1.78. The number of hydrogen-bond donors (Lipinski definition) is 2. The van der Waals surface area contributed by atoms with Crippen LogP contribution in [0.25, 0.3) is 0 Å². The van der Waals surface area contributed by atoms with Gasteiger partial charge in [0.05, 0.1) is 10.7 Å². The molecule has 0 saturated carbocycles. The van der Waals surface area contributed by atoms with Crippen LogP contribution in [0.15, 0.2) is 12.1 Å². The molecule has 0 fully saturated rings. The van der Waals surface area contributed by atoms with E-state index in [0.717, 1.165) is 30.2 Å². The van der Waals surface area contributed by atoms with E-state index >= 15 is 0 Å². The summed E-state index contributed by atoms with van der Waals surface area (Å²) < 4.78 is 0. The van der Waals surface area contributed by atoms with Crippen molar-refractivity contribution in [2.75, 3.05) is 25.5 Å². The van der Waals surface area contributed by atoms with Crippen LogP contribution in [0.3, 0.4) is 0 Å². The van der Waals surface area contributed by atoms with Gasteiger partial charge in [-0.15, -0.1) is 0 Å². The van der Waals surface area contributed by atoms with E-state index in [0.29, 0.717) is 0 Å². The highest BCUT2D eigenvalue weighted by molar-refractivity contribution is 6.33. The molecule has 0 aliphatic carbocycles. The molecular formula is C13H21ClN2. The molecule has 2 N–H and O–H groups in total. The average molecular weight is 241 g/mol. The van der Waals surface area contributed by atoms with Gasteiger partial charge in [-0.2, -0.15) is 0 Å². The summed E-state index contributed by atoms with van der Waals surface area (Å²) in [6.45, 7) is 6.21. The Morgan fingerprint density at radius 3 is 2.44 bits per heavy atom. The minimum atomic E-state index is 0.825. The van der Waals surface area contributed by atoms with Crippen molar-refractivity contribution in [1.29, 1.82) is 0 Å². The molecule has 3 heteroatoms. The van der Waals surface area contributed by atoms with Crippen molar-refractivity contribution >= 4 is 17.3 Å². The lowest BCUT2D eigenvalue weighted by atomic mass is 10.1. The van der Waals surface area contributed by atoms with Gasteiger partial charge in [0.1, 0.15) is 0 Å². The minimum Gasteiger partial charge on any atom is -0.384 e. The third-order valence-corrected chi connectivity index (χ3v) is 2.89. The van der Waals surface area contributed by atoms with Crippen molar-refractivity contribution in [3.8, 4) is 0 Å². The topological polar surface area (TPSA) is 24.1 Å². The zero-order valence-corrected chi connectivity index (χ0v) is 11.1. The van der Waals surface area contributed by atoms with Crippen molar-refractivity contribution in [3.05, 3.63) is 28.3 Å². The molecule has 0 heterocycles. The summed E-state index contributed by atoms with van der Waals surface area (Å²) in [6.07, 6.45) is 2.34. The van der Waals surface area contributed by atoms with Crippen LogP contribution in [0.4, 0.5) is 5.69 Å². The fourth-order valence-corrected chi connectivity index (χ4v) is 2.17. The van der Waals surface area contributed by atoms with Crippen molar-refractivity contribution in [2.45, 2.75) is 26.7 Å². The van der Waals surface area contributed by atoms with Gasteiger partial charge < -0.3 is 10.6 Å². The molecule has 0 bridgehead atoms. The standard InChI is InChI=1S/C13H21ClN2/c1-10-8-11(2)13(12(14)9-10)16-7-5-4-6-15-3/h8-9,15-16H,4-7H2,1-3H3. The summed E-state index contributed by atoms with van der Waals surface area (Å²) >= 11 is 6.20. The molecule has 0 radical (unpaired) electrons. The predicted octanol–water partition coefficient (Wildman–Crippen LogP) is 3.37. The van der Waals surface area contributed by atoms with E-state index in [1.54, 1.807) is 0 Å². The fraction of sp³-hybridized carbons (Fsp3) is 0.538. The van der Waals surface area contributed by atoms with Gasteiger partial charge in [0, 0.05) is 6.54 Å². The molecule has 0 aliphatic heterocycles. The first kappa shape index (κ1) is 13.3. The van der Waals surface area contributed by atoms with E-state index in [1.165, 1.54) is 17.5 Å². The summed E-state index contributed by atoms with van der Waals surface area (Å²) in [5.74, 6) is 0. The lowest BCUT2D eigenvalue weighted by Gasteiger charge is -2.12. The van der Waals surface area contributed by atoms with Gasteiger partial charge in [-0.3, -0.25) is 0 Å². The first-order valence-electron chi connectivity index (χ1n) is 5.80. The summed E-state index contributed by atoms with van der Waals surface area (Å²) in [5, 5.41) is 7.38. The summed E-state index contributed by atoms with van der Waals surface area (Å²) in [7, 11) is 1.98. The van der Waals surface area contributed by atoms with E-state index in [9.17, 15) is 0 Å². The number of rotatable bonds is 6. The third-order valence-electron chi connectivity index (χ3n) is 2.59. The molecule has 0 spiro atoms. The normalized spacial score (nSPS) is 10.5. The Bertz CT molecular complexity index is 314. The third kappa shape index (κ3) is 4.03. The number of hydrogen-bond acceptors (Lipinski definition) is 2. The van der Waals surface area contributed by atoms with Crippen LogP contribution in [-0.4, -0.2) is 20.1 Å². The Morgan fingerprint density at radius 1 is 1.12 bits per heavy atom. The van der Waals surface area contributed by atoms with Crippen molar-refractivity contribution < 1.29 is 0 Å². The van der Waals surface area contributed by atoms with Gasteiger partial charge in [0.25, 0.3) is 0 Å². The van der Waals surface area contributed by atoms with Gasteiger partial charge in [-0.1, -0.05) is 17.7 Å². The Kier molecular flexibility index (Phi) is 5.64.